The van der Waals surface area contributed by atoms with Crippen LogP contribution in [0, 0.1) is 0 Å². The van der Waals surface area contributed by atoms with Gasteiger partial charge in [-0.1, -0.05) is 60.7 Å². The van der Waals surface area contributed by atoms with Crippen molar-refractivity contribution in [2.45, 2.75) is 6.42 Å². The van der Waals surface area contributed by atoms with E-state index in [0.29, 0.717) is 0 Å². The van der Waals surface area contributed by atoms with Gasteiger partial charge in [-0.15, -0.1) is 0 Å². The van der Waals surface area contributed by atoms with Gasteiger partial charge in [0.1, 0.15) is 0 Å². The lowest BCUT2D eigenvalue weighted by molar-refractivity contribution is 1.26. The molecular formula is C22H15N. The molecule has 3 aromatic carbocycles. The third-order valence-corrected chi connectivity index (χ3v) is 4.72. The van der Waals surface area contributed by atoms with Gasteiger partial charge in [-0.2, -0.15) is 0 Å². The molecule has 0 saturated carbocycles. The number of hydrogen-bond acceptors (Lipinski definition) is 1. The van der Waals surface area contributed by atoms with Gasteiger partial charge in [0.25, 0.3) is 0 Å². The molecule has 4 aromatic rings. The number of aromatic nitrogens is 1. The first-order valence-corrected chi connectivity index (χ1v) is 7.95. The van der Waals surface area contributed by atoms with Crippen LogP contribution < -0.4 is 0 Å². The van der Waals surface area contributed by atoms with E-state index in [1.807, 2.05) is 12.3 Å². The molecule has 0 saturated heterocycles. The van der Waals surface area contributed by atoms with Crippen LogP contribution in [0.3, 0.4) is 0 Å². The van der Waals surface area contributed by atoms with Crippen molar-refractivity contribution in [2.24, 2.45) is 0 Å². The summed E-state index contributed by atoms with van der Waals surface area (Å²) in [6, 6.07) is 25.9. The normalized spacial score (nSPS) is 12.2. The number of nitrogens with zero attached hydrogens (tertiary/aromatic N) is 1. The van der Waals surface area contributed by atoms with Crippen LogP contribution in [0.4, 0.5) is 0 Å². The molecule has 0 fully saturated rings. The van der Waals surface area contributed by atoms with Gasteiger partial charge in [0.2, 0.25) is 0 Å². The minimum Gasteiger partial charge on any atom is -0.256 e. The fourth-order valence-corrected chi connectivity index (χ4v) is 3.65. The van der Waals surface area contributed by atoms with Gasteiger partial charge >= 0.3 is 0 Å². The van der Waals surface area contributed by atoms with E-state index in [1.165, 1.54) is 38.8 Å². The van der Waals surface area contributed by atoms with Gasteiger partial charge in [0.05, 0.1) is 5.52 Å². The Labute approximate surface area is 135 Å². The molecule has 0 aliphatic heterocycles. The number of benzene rings is 3. The Kier molecular flexibility index (Phi) is 2.62. The highest BCUT2D eigenvalue weighted by molar-refractivity contribution is 5.92. The van der Waals surface area contributed by atoms with E-state index in [2.05, 4.69) is 71.7 Å². The van der Waals surface area contributed by atoms with Crippen LogP contribution in [0.2, 0.25) is 0 Å². The Balaban J connectivity index is 1.78. The van der Waals surface area contributed by atoms with Crippen molar-refractivity contribution in [1.29, 1.82) is 0 Å². The maximum atomic E-state index is 4.64. The fraction of sp³-hybridized carbons (Fsp3) is 0.0455. The average molecular weight is 293 g/mol. The molecule has 5 rings (SSSR count). The van der Waals surface area contributed by atoms with Gasteiger partial charge < -0.3 is 0 Å². The van der Waals surface area contributed by atoms with Crippen molar-refractivity contribution in [2.75, 3.05) is 0 Å². The molecule has 1 heteroatoms. The first-order valence-electron chi connectivity index (χ1n) is 7.95. The van der Waals surface area contributed by atoms with Crippen molar-refractivity contribution in [3.63, 3.8) is 0 Å². The second kappa shape index (κ2) is 4.79. The van der Waals surface area contributed by atoms with Gasteiger partial charge in [-0.3, -0.25) is 4.98 Å². The molecule has 0 atom stereocenters. The van der Waals surface area contributed by atoms with Crippen molar-refractivity contribution < 1.29 is 0 Å². The Hall–Kier alpha value is -2.93. The number of rotatable bonds is 1. The zero-order valence-corrected chi connectivity index (χ0v) is 12.7. The van der Waals surface area contributed by atoms with Crippen LogP contribution >= 0.6 is 0 Å². The second-order valence-corrected chi connectivity index (χ2v) is 6.09. The van der Waals surface area contributed by atoms with Crippen LogP contribution in [-0.4, -0.2) is 4.98 Å². The monoisotopic (exact) mass is 293 g/mol. The third kappa shape index (κ3) is 1.90. The van der Waals surface area contributed by atoms with Gasteiger partial charge in [0.15, 0.2) is 0 Å². The number of para-hydroxylation sites is 1. The highest BCUT2D eigenvalue weighted by Gasteiger charge is 2.21. The Bertz CT molecular complexity index is 1050. The van der Waals surface area contributed by atoms with E-state index in [9.17, 15) is 0 Å². The number of fused-ring (bicyclic) bond motifs is 4. The summed E-state index contributed by atoms with van der Waals surface area (Å²) in [6.07, 6.45) is 3.03. The lowest BCUT2D eigenvalue weighted by atomic mass is 9.94. The minimum absolute atomic E-state index is 1.03. The molecule has 1 nitrogen and oxygen atoms in total. The van der Waals surface area contributed by atoms with E-state index >= 15 is 0 Å². The highest BCUT2D eigenvalue weighted by atomic mass is 14.6. The maximum absolute atomic E-state index is 4.64. The molecule has 0 radical (unpaired) electrons. The predicted molar refractivity (Wildman–Crippen MR) is 95.4 cm³/mol. The van der Waals surface area contributed by atoms with Crippen molar-refractivity contribution >= 4 is 10.9 Å². The van der Waals surface area contributed by atoms with E-state index in [4.69, 9.17) is 0 Å². The topological polar surface area (TPSA) is 12.9 Å². The number of pyridine rings is 1. The predicted octanol–water partition coefficient (Wildman–Crippen LogP) is 5.47. The van der Waals surface area contributed by atoms with Crippen LogP contribution in [0.1, 0.15) is 11.1 Å². The van der Waals surface area contributed by atoms with Crippen LogP contribution in [0.15, 0.2) is 79.0 Å². The highest BCUT2D eigenvalue weighted by Crippen LogP contribution is 2.42. The Morgan fingerprint density at radius 1 is 0.696 bits per heavy atom. The standard InChI is InChI=1S/C22H15N/c1-3-9-19-15(6-1)12-17-8-5-10-20(22(17)19)18-13-16-7-2-4-11-21(16)23-14-18/h1-11,13-14H,12H2. The van der Waals surface area contributed by atoms with Gasteiger partial charge in [0, 0.05) is 17.1 Å². The summed E-state index contributed by atoms with van der Waals surface area (Å²) in [7, 11) is 0. The number of hydrogen-bond donors (Lipinski definition) is 0. The molecule has 108 valence electrons. The largest absolute Gasteiger partial charge is 0.256 e. The SMILES string of the molecule is c1ccc2c(c1)Cc1cccc(-c3cnc4ccccc4c3)c1-2. The molecule has 0 spiro atoms. The molecule has 0 unspecified atom stereocenters. The lowest BCUT2D eigenvalue weighted by Gasteiger charge is -2.10. The lowest BCUT2D eigenvalue weighted by Crippen LogP contribution is -1.87. The molecule has 23 heavy (non-hydrogen) atoms. The fourth-order valence-electron chi connectivity index (χ4n) is 3.65. The minimum atomic E-state index is 1.03. The molecule has 1 aliphatic rings. The maximum Gasteiger partial charge on any atom is 0.0702 e. The zero-order valence-electron chi connectivity index (χ0n) is 12.7. The van der Waals surface area contributed by atoms with E-state index in [0.717, 1.165) is 11.9 Å². The van der Waals surface area contributed by atoms with E-state index in [-0.39, 0.29) is 0 Å². The molecule has 0 amide bonds. The molecule has 1 aromatic heterocycles. The quantitative estimate of drug-likeness (QED) is 0.399. The molecule has 1 heterocycles. The first kappa shape index (κ1) is 12.6. The summed E-state index contributed by atoms with van der Waals surface area (Å²) in [5.41, 5.74) is 9.10. The van der Waals surface area contributed by atoms with Crippen molar-refractivity contribution in [1.82, 2.24) is 4.98 Å². The summed E-state index contributed by atoms with van der Waals surface area (Å²) in [4.78, 5) is 4.64. The van der Waals surface area contributed by atoms with E-state index in [1.54, 1.807) is 0 Å². The third-order valence-electron chi connectivity index (χ3n) is 4.72. The van der Waals surface area contributed by atoms with Crippen LogP contribution in [-0.2, 0) is 6.42 Å². The molecule has 1 aliphatic carbocycles. The second-order valence-electron chi connectivity index (χ2n) is 6.09. The summed E-state index contributed by atoms with van der Waals surface area (Å²) < 4.78 is 0. The van der Waals surface area contributed by atoms with Crippen LogP contribution in [0.5, 0.6) is 0 Å². The Morgan fingerprint density at radius 3 is 2.48 bits per heavy atom. The van der Waals surface area contributed by atoms with E-state index < -0.39 is 0 Å². The van der Waals surface area contributed by atoms with Crippen LogP contribution in [0.25, 0.3) is 33.2 Å². The van der Waals surface area contributed by atoms with Gasteiger partial charge in [-0.05, 0) is 46.4 Å². The van der Waals surface area contributed by atoms with Crippen molar-refractivity contribution in [3.8, 4) is 22.3 Å². The summed E-state index contributed by atoms with van der Waals surface area (Å²) in [5.74, 6) is 0. The first-order chi connectivity index (χ1) is 11.4. The molecular weight excluding hydrogens is 278 g/mol. The van der Waals surface area contributed by atoms with Crippen molar-refractivity contribution in [3.05, 3.63) is 90.1 Å². The summed E-state index contributed by atoms with van der Waals surface area (Å²) in [5, 5.41) is 1.19. The summed E-state index contributed by atoms with van der Waals surface area (Å²) in [6.45, 7) is 0. The zero-order chi connectivity index (χ0) is 15.2. The average Bonchev–Trinajstić information content (AvgIpc) is 3.00. The molecule has 0 bridgehead atoms. The summed E-state index contributed by atoms with van der Waals surface area (Å²) >= 11 is 0. The molecule has 0 N–H and O–H groups in total. The smallest absolute Gasteiger partial charge is 0.0702 e. The Morgan fingerprint density at radius 2 is 1.48 bits per heavy atom. The van der Waals surface area contributed by atoms with Gasteiger partial charge in [-0.25, -0.2) is 0 Å².